The lowest BCUT2D eigenvalue weighted by Crippen LogP contribution is -2.31. The first kappa shape index (κ1) is 16.9. The molecule has 0 spiro atoms. The summed E-state index contributed by atoms with van der Waals surface area (Å²) >= 11 is 0. The summed E-state index contributed by atoms with van der Waals surface area (Å²) < 4.78 is 0. The first-order chi connectivity index (χ1) is 8.20. The highest BCUT2D eigenvalue weighted by atomic mass is 16.3. The lowest BCUT2D eigenvalue weighted by Gasteiger charge is -2.19. The Balaban J connectivity index is 3.67. The molecule has 0 heterocycles. The van der Waals surface area contributed by atoms with Crippen molar-refractivity contribution in [2.45, 2.75) is 90.7 Å². The van der Waals surface area contributed by atoms with Gasteiger partial charge in [0, 0.05) is 6.04 Å². The Bertz CT molecular complexity index is 138. The van der Waals surface area contributed by atoms with Gasteiger partial charge in [-0.05, 0) is 32.7 Å². The molecule has 0 saturated heterocycles. The van der Waals surface area contributed by atoms with E-state index in [0.717, 1.165) is 13.0 Å². The maximum absolute atomic E-state index is 9.25. The highest BCUT2D eigenvalue weighted by Gasteiger charge is 2.07. The Morgan fingerprint density at radius 2 is 1.41 bits per heavy atom. The van der Waals surface area contributed by atoms with E-state index in [1.165, 1.54) is 51.4 Å². The molecule has 0 aliphatic heterocycles. The Kier molecular flexibility index (Phi) is 12.3. The molecule has 2 heteroatoms. The topological polar surface area (TPSA) is 32.3 Å². The van der Waals surface area contributed by atoms with Crippen molar-refractivity contribution in [2.75, 3.05) is 6.54 Å². The molecule has 17 heavy (non-hydrogen) atoms. The lowest BCUT2D eigenvalue weighted by atomic mass is 10.0. The van der Waals surface area contributed by atoms with Crippen molar-refractivity contribution in [3.05, 3.63) is 0 Å². The quantitative estimate of drug-likeness (QED) is 0.510. The Morgan fingerprint density at radius 3 is 1.82 bits per heavy atom. The van der Waals surface area contributed by atoms with Gasteiger partial charge >= 0.3 is 0 Å². The minimum absolute atomic E-state index is 0.172. The summed E-state index contributed by atoms with van der Waals surface area (Å²) in [5, 5.41) is 12.9. The molecule has 0 aromatic heterocycles. The summed E-state index contributed by atoms with van der Waals surface area (Å²) in [5.74, 6) is 0. The fraction of sp³-hybridized carbons (Fsp3) is 1.00. The Hall–Kier alpha value is -0.0800. The van der Waals surface area contributed by atoms with Gasteiger partial charge in [0.15, 0.2) is 0 Å². The SMILES string of the molecule is CCCCCC(CCCCC)NCCC(C)O. The van der Waals surface area contributed by atoms with Crippen molar-refractivity contribution >= 4 is 0 Å². The van der Waals surface area contributed by atoms with Gasteiger partial charge in [-0.25, -0.2) is 0 Å². The van der Waals surface area contributed by atoms with E-state index in [2.05, 4.69) is 19.2 Å². The van der Waals surface area contributed by atoms with Crippen LogP contribution in [0.1, 0.15) is 78.6 Å². The zero-order chi connectivity index (χ0) is 12.9. The molecule has 1 atom stereocenters. The largest absolute Gasteiger partial charge is 0.393 e. The first-order valence-electron chi connectivity index (χ1n) is 7.62. The molecule has 104 valence electrons. The van der Waals surface area contributed by atoms with Crippen molar-refractivity contribution in [2.24, 2.45) is 0 Å². The third kappa shape index (κ3) is 12.2. The average Bonchev–Trinajstić information content (AvgIpc) is 2.28. The Labute approximate surface area is 108 Å². The number of unbranched alkanes of at least 4 members (excludes halogenated alkanes) is 4. The van der Waals surface area contributed by atoms with Gasteiger partial charge in [-0.3, -0.25) is 0 Å². The van der Waals surface area contributed by atoms with E-state index in [9.17, 15) is 5.11 Å². The lowest BCUT2D eigenvalue weighted by molar-refractivity contribution is 0.181. The zero-order valence-corrected chi connectivity index (χ0v) is 12.2. The van der Waals surface area contributed by atoms with Crippen LogP contribution in [0.15, 0.2) is 0 Å². The number of rotatable bonds is 12. The summed E-state index contributed by atoms with van der Waals surface area (Å²) in [4.78, 5) is 0. The second-order valence-electron chi connectivity index (χ2n) is 5.28. The van der Waals surface area contributed by atoms with Crippen LogP contribution in [-0.4, -0.2) is 23.8 Å². The Morgan fingerprint density at radius 1 is 0.882 bits per heavy atom. The second-order valence-corrected chi connectivity index (χ2v) is 5.28. The van der Waals surface area contributed by atoms with Crippen LogP contribution in [0.25, 0.3) is 0 Å². The van der Waals surface area contributed by atoms with Gasteiger partial charge in [0.2, 0.25) is 0 Å². The standard InChI is InChI=1S/C15H33NO/c1-4-6-8-10-15(11-9-7-5-2)16-13-12-14(3)17/h14-17H,4-13H2,1-3H3. The van der Waals surface area contributed by atoms with E-state index >= 15 is 0 Å². The van der Waals surface area contributed by atoms with Crippen molar-refractivity contribution in [1.29, 1.82) is 0 Å². The fourth-order valence-corrected chi connectivity index (χ4v) is 2.13. The molecule has 0 amide bonds. The third-order valence-corrected chi connectivity index (χ3v) is 3.31. The highest BCUT2D eigenvalue weighted by Crippen LogP contribution is 2.11. The van der Waals surface area contributed by atoms with E-state index < -0.39 is 0 Å². The van der Waals surface area contributed by atoms with Crippen LogP contribution < -0.4 is 5.32 Å². The minimum atomic E-state index is -0.172. The number of aliphatic hydroxyl groups excluding tert-OH is 1. The summed E-state index contributed by atoms with van der Waals surface area (Å²) in [6.45, 7) is 7.34. The molecule has 1 unspecified atom stereocenters. The van der Waals surface area contributed by atoms with Crippen LogP contribution in [0.4, 0.5) is 0 Å². The third-order valence-electron chi connectivity index (χ3n) is 3.31. The summed E-state index contributed by atoms with van der Waals surface area (Å²) in [6, 6.07) is 0.673. The summed E-state index contributed by atoms with van der Waals surface area (Å²) in [7, 11) is 0. The van der Waals surface area contributed by atoms with E-state index in [0.29, 0.717) is 6.04 Å². The van der Waals surface area contributed by atoms with Crippen LogP contribution in [0.5, 0.6) is 0 Å². The molecule has 0 saturated carbocycles. The first-order valence-corrected chi connectivity index (χ1v) is 7.62. The number of nitrogens with one attached hydrogen (secondary N) is 1. The zero-order valence-electron chi connectivity index (χ0n) is 12.2. The van der Waals surface area contributed by atoms with Gasteiger partial charge < -0.3 is 10.4 Å². The summed E-state index contributed by atoms with van der Waals surface area (Å²) in [5.41, 5.74) is 0. The summed E-state index contributed by atoms with van der Waals surface area (Å²) in [6.07, 6.45) is 11.3. The molecule has 0 rings (SSSR count). The van der Waals surface area contributed by atoms with Crippen LogP contribution in [0.3, 0.4) is 0 Å². The molecular formula is C15H33NO. The van der Waals surface area contributed by atoms with Crippen LogP contribution >= 0.6 is 0 Å². The maximum atomic E-state index is 9.25. The van der Waals surface area contributed by atoms with Crippen molar-refractivity contribution in [1.82, 2.24) is 5.32 Å². The molecule has 2 nitrogen and oxygen atoms in total. The fourth-order valence-electron chi connectivity index (χ4n) is 2.13. The maximum Gasteiger partial charge on any atom is 0.0524 e. The molecule has 0 fully saturated rings. The van der Waals surface area contributed by atoms with Crippen molar-refractivity contribution in [3.8, 4) is 0 Å². The van der Waals surface area contributed by atoms with Crippen LogP contribution in [0.2, 0.25) is 0 Å². The minimum Gasteiger partial charge on any atom is -0.393 e. The van der Waals surface area contributed by atoms with E-state index in [1.807, 2.05) is 6.92 Å². The van der Waals surface area contributed by atoms with Gasteiger partial charge in [-0.15, -0.1) is 0 Å². The van der Waals surface area contributed by atoms with E-state index in [1.54, 1.807) is 0 Å². The normalized spacial score (nSPS) is 13.2. The number of hydrogen-bond donors (Lipinski definition) is 2. The molecule has 0 aliphatic carbocycles. The van der Waals surface area contributed by atoms with E-state index in [4.69, 9.17) is 0 Å². The molecule has 0 aliphatic rings. The molecule has 2 N–H and O–H groups in total. The van der Waals surface area contributed by atoms with Gasteiger partial charge in [0.1, 0.15) is 0 Å². The second kappa shape index (κ2) is 12.4. The van der Waals surface area contributed by atoms with Crippen molar-refractivity contribution in [3.63, 3.8) is 0 Å². The predicted octanol–water partition coefficient (Wildman–Crippen LogP) is 3.88. The van der Waals surface area contributed by atoms with Gasteiger partial charge in [0.25, 0.3) is 0 Å². The monoisotopic (exact) mass is 243 g/mol. The smallest absolute Gasteiger partial charge is 0.0524 e. The average molecular weight is 243 g/mol. The molecule has 0 radical (unpaired) electrons. The van der Waals surface area contributed by atoms with Crippen molar-refractivity contribution < 1.29 is 5.11 Å². The van der Waals surface area contributed by atoms with Crippen LogP contribution in [-0.2, 0) is 0 Å². The molecule has 0 aromatic rings. The molecule has 0 bridgehead atoms. The van der Waals surface area contributed by atoms with Crippen LogP contribution in [0, 0.1) is 0 Å². The molecular weight excluding hydrogens is 210 g/mol. The predicted molar refractivity (Wildman–Crippen MR) is 76.4 cm³/mol. The molecule has 0 aromatic carbocycles. The van der Waals surface area contributed by atoms with Gasteiger partial charge in [-0.2, -0.15) is 0 Å². The number of aliphatic hydroxyl groups is 1. The highest BCUT2D eigenvalue weighted by molar-refractivity contribution is 4.68. The van der Waals surface area contributed by atoms with Gasteiger partial charge in [0.05, 0.1) is 6.10 Å². The van der Waals surface area contributed by atoms with Gasteiger partial charge in [-0.1, -0.05) is 52.4 Å². The number of hydrogen-bond acceptors (Lipinski definition) is 2. The van der Waals surface area contributed by atoms with E-state index in [-0.39, 0.29) is 6.10 Å².